The molecule has 2 heterocycles. The Morgan fingerprint density at radius 3 is 2.21 bits per heavy atom. The number of hydrogen-bond donors (Lipinski definition) is 0. The topological polar surface area (TPSA) is 70.2 Å². The zero-order valence-electron chi connectivity index (χ0n) is 16.3. The van der Waals surface area contributed by atoms with Gasteiger partial charge in [-0.15, -0.1) is 0 Å². The van der Waals surface area contributed by atoms with E-state index >= 15 is 0 Å². The lowest BCUT2D eigenvalue weighted by molar-refractivity contribution is -0.121. The highest BCUT2D eigenvalue weighted by molar-refractivity contribution is 6.52. The van der Waals surface area contributed by atoms with Crippen molar-refractivity contribution in [3.05, 3.63) is 40.6 Å². The number of amides is 2. The van der Waals surface area contributed by atoms with Gasteiger partial charge in [0.05, 0.1) is 17.4 Å². The van der Waals surface area contributed by atoms with Crippen molar-refractivity contribution in [2.45, 2.75) is 26.9 Å². The number of piperazine rings is 1. The molecule has 2 aliphatic rings. The van der Waals surface area contributed by atoms with Crippen LogP contribution in [0.1, 0.15) is 31.1 Å². The Balaban J connectivity index is 1.77. The van der Waals surface area contributed by atoms with Crippen molar-refractivity contribution in [3.8, 4) is 0 Å². The van der Waals surface area contributed by atoms with E-state index < -0.39 is 17.8 Å². The number of carbonyl (C=O) groups excluding carboxylic acids is 3. The van der Waals surface area contributed by atoms with Crippen molar-refractivity contribution >= 4 is 35.1 Å². The fourth-order valence-corrected chi connectivity index (χ4v) is 3.60. The van der Waals surface area contributed by atoms with Gasteiger partial charge >= 0.3 is 5.97 Å². The number of rotatable bonds is 5. The Bertz CT molecular complexity index is 811. The number of imide groups is 1. The van der Waals surface area contributed by atoms with Crippen molar-refractivity contribution in [3.63, 3.8) is 0 Å². The molecule has 1 saturated heterocycles. The van der Waals surface area contributed by atoms with Crippen molar-refractivity contribution < 1.29 is 19.1 Å². The Morgan fingerprint density at radius 2 is 1.68 bits per heavy atom. The fourth-order valence-electron chi connectivity index (χ4n) is 3.32. The van der Waals surface area contributed by atoms with Gasteiger partial charge in [0.25, 0.3) is 11.8 Å². The summed E-state index contributed by atoms with van der Waals surface area (Å²) in [6.45, 7) is 9.50. The maximum Gasteiger partial charge on any atom is 0.338 e. The molecule has 2 aliphatic heterocycles. The Morgan fingerprint density at radius 1 is 1.07 bits per heavy atom. The molecule has 0 atom stereocenters. The van der Waals surface area contributed by atoms with Crippen LogP contribution in [-0.4, -0.2) is 66.4 Å². The van der Waals surface area contributed by atoms with Crippen molar-refractivity contribution in [1.82, 2.24) is 9.80 Å². The maximum absolute atomic E-state index is 13.0. The molecule has 2 amide bonds. The summed E-state index contributed by atoms with van der Waals surface area (Å²) in [4.78, 5) is 42.8. The first-order valence-corrected chi connectivity index (χ1v) is 9.78. The van der Waals surface area contributed by atoms with E-state index in [1.54, 1.807) is 26.0 Å². The number of hydrogen-bond acceptors (Lipinski definition) is 6. The highest BCUT2D eigenvalue weighted by Gasteiger charge is 2.41. The normalized spacial score (nSPS) is 18.5. The average Bonchev–Trinajstić information content (AvgIpc) is 2.90. The van der Waals surface area contributed by atoms with E-state index in [2.05, 4.69) is 11.8 Å². The molecule has 0 unspecified atom stereocenters. The third-order valence-electron chi connectivity index (χ3n) is 4.84. The van der Waals surface area contributed by atoms with E-state index in [1.807, 2.05) is 4.90 Å². The summed E-state index contributed by atoms with van der Waals surface area (Å²) < 4.78 is 5.15. The van der Waals surface area contributed by atoms with E-state index in [9.17, 15) is 14.4 Å². The van der Waals surface area contributed by atoms with Crippen LogP contribution in [0.3, 0.4) is 0 Å². The molecule has 0 bridgehead atoms. The minimum Gasteiger partial charge on any atom is -0.459 e. The molecule has 0 saturated carbocycles. The minimum absolute atomic E-state index is 0.0572. The largest absolute Gasteiger partial charge is 0.459 e. The third-order valence-corrected chi connectivity index (χ3v) is 5.18. The predicted molar refractivity (Wildman–Crippen MR) is 106 cm³/mol. The molecule has 0 aromatic heterocycles. The summed E-state index contributed by atoms with van der Waals surface area (Å²) in [5.41, 5.74) is 0.980. The molecule has 0 N–H and O–H groups in total. The molecule has 1 fully saturated rings. The Hall–Kier alpha value is -2.38. The number of likely N-dealkylation sites (N-methyl/N-ethyl adjacent to an activating group) is 1. The predicted octanol–water partition coefficient (Wildman–Crippen LogP) is 2.21. The second-order valence-electron chi connectivity index (χ2n) is 7.03. The lowest BCUT2D eigenvalue weighted by Gasteiger charge is -2.35. The van der Waals surface area contributed by atoms with Gasteiger partial charge in [-0.1, -0.05) is 18.5 Å². The number of nitrogens with zero attached hydrogens (tertiary/aromatic N) is 3. The standard InChI is InChI=1S/C20H24ClN3O4/c1-4-22-9-11-23(12-10-22)17-16(21)18(25)24(19(17)26)15-7-5-14(6-8-15)20(27)28-13(2)3/h5-8,13H,4,9-12H2,1-3H3. The second kappa shape index (κ2) is 8.32. The zero-order valence-corrected chi connectivity index (χ0v) is 17.0. The van der Waals surface area contributed by atoms with Crippen molar-refractivity contribution in [2.75, 3.05) is 37.6 Å². The van der Waals surface area contributed by atoms with Gasteiger partial charge < -0.3 is 14.5 Å². The number of esters is 1. The summed E-state index contributed by atoms with van der Waals surface area (Å²) in [7, 11) is 0. The van der Waals surface area contributed by atoms with Crippen LogP contribution >= 0.6 is 11.6 Å². The molecule has 0 radical (unpaired) electrons. The lowest BCUT2D eigenvalue weighted by Crippen LogP contribution is -2.47. The molecule has 150 valence electrons. The van der Waals surface area contributed by atoms with Gasteiger partial charge in [-0.2, -0.15) is 0 Å². The Kier molecular flexibility index (Phi) is 6.05. The van der Waals surface area contributed by atoms with E-state index in [4.69, 9.17) is 16.3 Å². The molecule has 3 rings (SSSR count). The number of anilines is 1. The van der Waals surface area contributed by atoms with Crippen LogP contribution in [0.4, 0.5) is 5.69 Å². The lowest BCUT2D eigenvalue weighted by atomic mass is 10.2. The molecule has 1 aromatic carbocycles. The summed E-state index contributed by atoms with van der Waals surface area (Å²) in [6, 6.07) is 6.17. The number of benzene rings is 1. The number of ether oxygens (including phenoxy) is 1. The second-order valence-corrected chi connectivity index (χ2v) is 7.41. The summed E-state index contributed by atoms with van der Waals surface area (Å²) in [5.74, 6) is -1.43. The molecule has 28 heavy (non-hydrogen) atoms. The summed E-state index contributed by atoms with van der Waals surface area (Å²) in [5, 5.41) is -0.0572. The van der Waals surface area contributed by atoms with Crippen LogP contribution in [0.5, 0.6) is 0 Å². The number of carbonyl (C=O) groups is 3. The van der Waals surface area contributed by atoms with Crippen LogP contribution in [0, 0.1) is 0 Å². The molecule has 1 aromatic rings. The molecular formula is C20H24ClN3O4. The molecule has 0 aliphatic carbocycles. The fraction of sp³-hybridized carbons (Fsp3) is 0.450. The quantitative estimate of drug-likeness (QED) is 0.552. The van der Waals surface area contributed by atoms with Gasteiger partial charge in [0, 0.05) is 26.2 Å². The van der Waals surface area contributed by atoms with Crippen LogP contribution in [0.15, 0.2) is 35.0 Å². The van der Waals surface area contributed by atoms with Crippen molar-refractivity contribution in [2.24, 2.45) is 0 Å². The first-order valence-electron chi connectivity index (χ1n) is 9.40. The van der Waals surface area contributed by atoms with Gasteiger partial charge in [-0.3, -0.25) is 9.59 Å². The van der Waals surface area contributed by atoms with E-state index in [1.165, 1.54) is 12.1 Å². The molecular weight excluding hydrogens is 382 g/mol. The summed E-state index contributed by atoms with van der Waals surface area (Å²) >= 11 is 6.25. The first-order chi connectivity index (χ1) is 13.3. The van der Waals surface area contributed by atoms with Crippen LogP contribution in [0.25, 0.3) is 0 Å². The zero-order chi connectivity index (χ0) is 20.4. The van der Waals surface area contributed by atoms with Crippen LogP contribution < -0.4 is 4.90 Å². The first kappa shape index (κ1) is 20.4. The summed E-state index contributed by atoms with van der Waals surface area (Å²) in [6.07, 6.45) is -0.229. The van der Waals surface area contributed by atoms with E-state index in [0.29, 0.717) is 24.3 Å². The highest BCUT2D eigenvalue weighted by atomic mass is 35.5. The van der Waals surface area contributed by atoms with Gasteiger partial charge in [0.15, 0.2) is 0 Å². The molecule has 8 heteroatoms. The van der Waals surface area contributed by atoms with Gasteiger partial charge in [-0.25, -0.2) is 9.69 Å². The number of halogens is 1. The molecule has 0 spiro atoms. The van der Waals surface area contributed by atoms with Crippen LogP contribution in [0.2, 0.25) is 0 Å². The van der Waals surface area contributed by atoms with Crippen molar-refractivity contribution in [1.29, 1.82) is 0 Å². The maximum atomic E-state index is 13.0. The SMILES string of the molecule is CCN1CCN(C2=C(Cl)C(=O)N(c3ccc(C(=O)OC(C)C)cc3)C2=O)CC1. The van der Waals surface area contributed by atoms with E-state index in [-0.39, 0.29) is 16.8 Å². The smallest absolute Gasteiger partial charge is 0.338 e. The van der Waals surface area contributed by atoms with Crippen LogP contribution in [-0.2, 0) is 14.3 Å². The average molecular weight is 406 g/mol. The Labute approximate surface area is 169 Å². The van der Waals surface area contributed by atoms with E-state index in [0.717, 1.165) is 24.5 Å². The minimum atomic E-state index is -0.544. The molecule has 7 nitrogen and oxygen atoms in total. The van der Waals surface area contributed by atoms with Gasteiger partial charge in [-0.05, 0) is 44.7 Å². The van der Waals surface area contributed by atoms with Gasteiger partial charge in [0.2, 0.25) is 0 Å². The highest BCUT2D eigenvalue weighted by Crippen LogP contribution is 2.31. The van der Waals surface area contributed by atoms with Gasteiger partial charge in [0.1, 0.15) is 10.7 Å². The third kappa shape index (κ3) is 3.91. The monoisotopic (exact) mass is 405 g/mol.